The molecule has 1 aromatic carbocycles. The highest BCUT2D eigenvalue weighted by molar-refractivity contribution is 6.30. The number of rotatable bonds is 7. The number of hydrogen-bond acceptors (Lipinski definition) is 6. The van der Waals surface area contributed by atoms with E-state index in [1.54, 1.807) is 6.20 Å². The van der Waals surface area contributed by atoms with E-state index in [9.17, 15) is 0 Å². The maximum absolute atomic E-state index is 5.86. The lowest BCUT2D eigenvalue weighted by atomic mass is 10.2. The molecule has 112 valence electrons. The number of aromatic nitrogens is 3. The standard InChI is InChI=1S/C14H19ClN6/c1-21(2)8-7-16-14-19-13(10-18-20-14)17-9-11-3-5-12(15)6-4-11/h3-6,10H,7-9H2,1-2H3,(H2,16,17,19,20). The van der Waals surface area contributed by atoms with Gasteiger partial charge in [-0.1, -0.05) is 23.7 Å². The fourth-order valence-corrected chi connectivity index (χ4v) is 1.78. The first kappa shape index (κ1) is 15.5. The van der Waals surface area contributed by atoms with E-state index in [4.69, 9.17) is 11.6 Å². The van der Waals surface area contributed by atoms with Crippen LogP contribution in [0.1, 0.15) is 5.56 Å². The maximum atomic E-state index is 5.86. The van der Waals surface area contributed by atoms with Crippen LogP contribution < -0.4 is 10.6 Å². The Labute approximate surface area is 129 Å². The fraction of sp³-hybridized carbons (Fsp3) is 0.357. The first-order valence-electron chi connectivity index (χ1n) is 6.70. The number of benzene rings is 1. The largest absolute Gasteiger partial charge is 0.365 e. The van der Waals surface area contributed by atoms with Gasteiger partial charge in [-0.05, 0) is 31.8 Å². The SMILES string of the molecule is CN(C)CCNc1nncc(NCc2ccc(Cl)cc2)n1. The van der Waals surface area contributed by atoms with Crippen molar-refractivity contribution in [3.63, 3.8) is 0 Å². The average molecular weight is 307 g/mol. The van der Waals surface area contributed by atoms with Crippen LogP contribution in [0.5, 0.6) is 0 Å². The highest BCUT2D eigenvalue weighted by Crippen LogP contribution is 2.11. The molecule has 0 aliphatic heterocycles. The van der Waals surface area contributed by atoms with Gasteiger partial charge in [0, 0.05) is 24.7 Å². The van der Waals surface area contributed by atoms with Crippen LogP contribution in [0.2, 0.25) is 5.02 Å². The normalized spacial score (nSPS) is 10.7. The summed E-state index contributed by atoms with van der Waals surface area (Å²) >= 11 is 5.86. The fourth-order valence-electron chi connectivity index (χ4n) is 1.65. The zero-order valence-electron chi connectivity index (χ0n) is 12.2. The Kier molecular flexibility index (Phi) is 5.71. The molecule has 0 saturated heterocycles. The van der Waals surface area contributed by atoms with E-state index in [-0.39, 0.29) is 0 Å². The van der Waals surface area contributed by atoms with Crippen LogP contribution in [0.4, 0.5) is 11.8 Å². The Morgan fingerprint density at radius 1 is 1.14 bits per heavy atom. The molecule has 0 atom stereocenters. The number of nitrogens with one attached hydrogen (secondary N) is 2. The van der Waals surface area contributed by atoms with Crippen molar-refractivity contribution in [2.24, 2.45) is 0 Å². The number of halogens is 1. The van der Waals surface area contributed by atoms with Crippen molar-refractivity contribution in [3.05, 3.63) is 41.0 Å². The zero-order valence-corrected chi connectivity index (χ0v) is 12.9. The van der Waals surface area contributed by atoms with E-state index in [2.05, 4.69) is 30.7 Å². The summed E-state index contributed by atoms with van der Waals surface area (Å²) in [5.41, 5.74) is 1.13. The molecule has 1 aromatic heterocycles. The maximum Gasteiger partial charge on any atom is 0.244 e. The van der Waals surface area contributed by atoms with Crippen molar-refractivity contribution in [3.8, 4) is 0 Å². The van der Waals surface area contributed by atoms with Crippen LogP contribution >= 0.6 is 11.6 Å². The molecular weight excluding hydrogens is 288 g/mol. The van der Waals surface area contributed by atoms with Crippen molar-refractivity contribution in [1.29, 1.82) is 0 Å². The minimum absolute atomic E-state index is 0.526. The second kappa shape index (κ2) is 7.75. The van der Waals surface area contributed by atoms with Crippen molar-refractivity contribution in [2.75, 3.05) is 37.8 Å². The van der Waals surface area contributed by atoms with E-state index in [1.807, 2.05) is 38.4 Å². The predicted molar refractivity (Wildman–Crippen MR) is 85.6 cm³/mol. The lowest BCUT2D eigenvalue weighted by Crippen LogP contribution is -2.21. The van der Waals surface area contributed by atoms with Gasteiger partial charge in [0.05, 0.1) is 6.20 Å². The first-order valence-corrected chi connectivity index (χ1v) is 7.08. The molecule has 0 aliphatic carbocycles. The molecule has 0 amide bonds. The molecule has 6 nitrogen and oxygen atoms in total. The molecule has 0 fully saturated rings. The van der Waals surface area contributed by atoms with Crippen LogP contribution in [0.25, 0.3) is 0 Å². The van der Waals surface area contributed by atoms with Crippen LogP contribution in [-0.2, 0) is 6.54 Å². The van der Waals surface area contributed by atoms with E-state index in [0.717, 1.165) is 23.7 Å². The molecule has 0 radical (unpaired) electrons. The third-order valence-corrected chi connectivity index (χ3v) is 3.04. The van der Waals surface area contributed by atoms with Gasteiger partial charge < -0.3 is 15.5 Å². The summed E-state index contributed by atoms with van der Waals surface area (Å²) in [4.78, 5) is 6.45. The number of hydrogen-bond donors (Lipinski definition) is 2. The second-order valence-corrected chi connectivity index (χ2v) is 5.31. The van der Waals surface area contributed by atoms with Crippen molar-refractivity contribution in [1.82, 2.24) is 20.1 Å². The molecule has 1 heterocycles. The Morgan fingerprint density at radius 3 is 2.62 bits per heavy atom. The van der Waals surface area contributed by atoms with Crippen molar-refractivity contribution < 1.29 is 0 Å². The van der Waals surface area contributed by atoms with E-state index in [0.29, 0.717) is 18.3 Å². The summed E-state index contributed by atoms with van der Waals surface area (Å²) in [5, 5.41) is 15.0. The summed E-state index contributed by atoms with van der Waals surface area (Å²) in [7, 11) is 4.04. The third-order valence-electron chi connectivity index (χ3n) is 2.79. The molecule has 2 aromatic rings. The zero-order chi connectivity index (χ0) is 15.1. The lowest BCUT2D eigenvalue weighted by Gasteiger charge is -2.10. The third kappa shape index (κ3) is 5.53. The van der Waals surface area contributed by atoms with E-state index >= 15 is 0 Å². The average Bonchev–Trinajstić information content (AvgIpc) is 2.47. The van der Waals surface area contributed by atoms with E-state index in [1.165, 1.54) is 0 Å². The molecule has 0 unspecified atom stereocenters. The first-order chi connectivity index (χ1) is 10.1. The van der Waals surface area contributed by atoms with Crippen LogP contribution in [0.15, 0.2) is 30.5 Å². The minimum Gasteiger partial charge on any atom is -0.365 e. The molecule has 0 spiro atoms. The molecule has 0 aliphatic rings. The van der Waals surface area contributed by atoms with Gasteiger partial charge in [-0.3, -0.25) is 0 Å². The van der Waals surface area contributed by atoms with Gasteiger partial charge in [0.15, 0.2) is 5.82 Å². The Bertz CT molecular complexity index is 558. The summed E-state index contributed by atoms with van der Waals surface area (Å²) < 4.78 is 0. The van der Waals surface area contributed by atoms with E-state index < -0.39 is 0 Å². The molecule has 7 heteroatoms. The van der Waals surface area contributed by atoms with Crippen LogP contribution in [-0.4, -0.2) is 47.3 Å². The van der Waals surface area contributed by atoms with Gasteiger partial charge in [0.2, 0.25) is 5.95 Å². The second-order valence-electron chi connectivity index (χ2n) is 4.88. The van der Waals surface area contributed by atoms with Gasteiger partial charge in [0.1, 0.15) is 0 Å². The predicted octanol–water partition coefficient (Wildman–Crippen LogP) is 2.11. The number of likely N-dealkylation sites (N-methyl/N-ethyl adjacent to an activating group) is 1. The molecular formula is C14H19ClN6. The van der Waals surface area contributed by atoms with Gasteiger partial charge >= 0.3 is 0 Å². The highest BCUT2D eigenvalue weighted by Gasteiger charge is 2.01. The van der Waals surface area contributed by atoms with Crippen LogP contribution in [0.3, 0.4) is 0 Å². The Balaban J connectivity index is 1.87. The summed E-state index contributed by atoms with van der Waals surface area (Å²) in [6.07, 6.45) is 1.60. The highest BCUT2D eigenvalue weighted by atomic mass is 35.5. The molecule has 0 saturated carbocycles. The monoisotopic (exact) mass is 306 g/mol. The smallest absolute Gasteiger partial charge is 0.244 e. The molecule has 2 N–H and O–H groups in total. The molecule has 2 rings (SSSR count). The van der Waals surface area contributed by atoms with Crippen LogP contribution in [0, 0.1) is 0 Å². The van der Waals surface area contributed by atoms with Gasteiger partial charge in [-0.25, -0.2) is 0 Å². The summed E-state index contributed by atoms with van der Waals surface area (Å²) in [6, 6.07) is 7.68. The minimum atomic E-state index is 0.526. The van der Waals surface area contributed by atoms with Crippen molar-refractivity contribution in [2.45, 2.75) is 6.54 Å². The summed E-state index contributed by atoms with van der Waals surface area (Å²) in [6.45, 7) is 2.34. The number of nitrogens with zero attached hydrogens (tertiary/aromatic N) is 4. The van der Waals surface area contributed by atoms with Gasteiger partial charge in [-0.15, -0.1) is 5.10 Å². The Morgan fingerprint density at radius 2 is 1.90 bits per heavy atom. The molecule has 0 bridgehead atoms. The van der Waals surface area contributed by atoms with Crippen molar-refractivity contribution >= 4 is 23.4 Å². The molecule has 21 heavy (non-hydrogen) atoms. The van der Waals surface area contributed by atoms with Gasteiger partial charge in [0.25, 0.3) is 0 Å². The Hall–Kier alpha value is -1.92. The topological polar surface area (TPSA) is 66.0 Å². The van der Waals surface area contributed by atoms with Gasteiger partial charge in [-0.2, -0.15) is 10.1 Å². The lowest BCUT2D eigenvalue weighted by molar-refractivity contribution is 0.425. The summed E-state index contributed by atoms with van der Waals surface area (Å²) in [5.74, 6) is 1.21. The quantitative estimate of drug-likeness (QED) is 0.817. The number of anilines is 2.